The lowest BCUT2D eigenvalue weighted by molar-refractivity contribution is 0.562. The van der Waals surface area contributed by atoms with Crippen molar-refractivity contribution in [1.29, 1.82) is 0 Å². The minimum Gasteiger partial charge on any atom is -0.236 e. The molecule has 0 radical (unpaired) electrons. The summed E-state index contributed by atoms with van der Waals surface area (Å²) in [5, 5.41) is 4.55. The lowest BCUT2D eigenvalue weighted by atomic mass is 9.93. The molecule has 0 aliphatic carbocycles. The van der Waals surface area contributed by atoms with E-state index in [1.165, 1.54) is 12.1 Å². The Morgan fingerprint density at radius 3 is 2.41 bits per heavy atom. The van der Waals surface area contributed by atoms with Crippen molar-refractivity contribution in [1.82, 2.24) is 14.6 Å². The van der Waals surface area contributed by atoms with E-state index < -0.39 is 0 Å². The number of halogens is 1. The third kappa shape index (κ3) is 2.99. The zero-order valence-electron chi connectivity index (χ0n) is 12.8. The van der Waals surface area contributed by atoms with Crippen LogP contribution in [0.1, 0.15) is 37.6 Å². The molecular formula is C18H16FN3. The SMILES string of the molecule is CC(C)(C)c1cc2ncc(C#Cc3ccc(F)cc3)cn2n1. The maximum absolute atomic E-state index is 12.9. The Hall–Kier alpha value is -2.67. The lowest BCUT2D eigenvalue weighted by Gasteiger charge is -2.13. The van der Waals surface area contributed by atoms with E-state index in [-0.39, 0.29) is 11.2 Å². The molecule has 3 rings (SSSR count). The molecule has 4 heteroatoms. The summed E-state index contributed by atoms with van der Waals surface area (Å²) in [7, 11) is 0. The Balaban J connectivity index is 1.94. The van der Waals surface area contributed by atoms with Crippen LogP contribution in [0.4, 0.5) is 4.39 Å². The fraction of sp³-hybridized carbons (Fsp3) is 0.222. The number of fused-ring (bicyclic) bond motifs is 1. The predicted molar refractivity (Wildman–Crippen MR) is 84.1 cm³/mol. The van der Waals surface area contributed by atoms with Gasteiger partial charge >= 0.3 is 0 Å². The van der Waals surface area contributed by atoms with Gasteiger partial charge in [0.05, 0.1) is 11.3 Å². The zero-order valence-corrected chi connectivity index (χ0v) is 12.8. The van der Waals surface area contributed by atoms with E-state index in [9.17, 15) is 4.39 Å². The molecule has 0 saturated carbocycles. The van der Waals surface area contributed by atoms with Gasteiger partial charge in [0.25, 0.3) is 0 Å². The second-order valence-electron chi connectivity index (χ2n) is 6.18. The van der Waals surface area contributed by atoms with Crippen LogP contribution in [0.15, 0.2) is 42.7 Å². The van der Waals surface area contributed by atoms with Crippen molar-refractivity contribution in [2.45, 2.75) is 26.2 Å². The Morgan fingerprint density at radius 2 is 1.73 bits per heavy atom. The molecule has 0 bridgehead atoms. The van der Waals surface area contributed by atoms with Crippen LogP contribution in [0.5, 0.6) is 0 Å². The molecule has 0 saturated heterocycles. The molecule has 2 aromatic heterocycles. The summed E-state index contributed by atoms with van der Waals surface area (Å²) in [5.41, 5.74) is 3.30. The van der Waals surface area contributed by atoms with E-state index in [2.05, 4.69) is 42.7 Å². The third-order valence-electron chi connectivity index (χ3n) is 3.28. The van der Waals surface area contributed by atoms with Crippen molar-refractivity contribution < 1.29 is 4.39 Å². The summed E-state index contributed by atoms with van der Waals surface area (Å²) >= 11 is 0. The van der Waals surface area contributed by atoms with E-state index in [4.69, 9.17) is 0 Å². The zero-order chi connectivity index (χ0) is 15.7. The smallest absolute Gasteiger partial charge is 0.155 e. The third-order valence-corrected chi connectivity index (χ3v) is 3.28. The molecule has 0 atom stereocenters. The Morgan fingerprint density at radius 1 is 1.05 bits per heavy atom. The van der Waals surface area contributed by atoms with Crippen molar-refractivity contribution in [2.75, 3.05) is 0 Å². The molecule has 2 heterocycles. The predicted octanol–water partition coefficient (Wildman–Crippen LogP) is 3.57. The minimum atomic E-state index is -0.264. The highest BCUT2D eigenvalue weighted by Gasteiger charge is 2.17. The molecule has 110 valence electrons. The summed E-state index contributed by atoms with van der Waals surface area (Å²) in [5.74, 6) is 5.75. The van der Waals surface area contributed by atoms with Crippen molar-refractivity contribution in [2.24, 2.45) is 0 Å². The second-order valence-corrected chi connectivity index (χ2v) is 6.18. The first kappa shape index (κ1) is 14.3. The fourth-order valence-electron chi connectivity index (χ4n) is 1.99. The van der Waals surface area contributed by atoms with Gasteiger partial charge < -0.3 is 0 Å². The summed E-state index contributed by atoms with van der Waals surface area (Å²) in [6.45, 7) is 6.35. The summed E-state index contributed by atoms with van der Waals surface area (Å²) in [4.78, 5) is 4.38. The van der Waals surface area contributed by atoms with Gasteiger partial charge in [0.15, 0.2) is 5.65 Å². The summed E-state index contributed by atoms with van der Waals surface area (Å²) in [6, 6.07) is 8.08. The monoisotopic (exact) mass is 293 g/mol. The first-order chi connectivity index (χ1) is 10.4. The molecule has 1 aromatic carbocycles. The normalized spacial score (nSPS) is 11.3. The molecule has 0 spiro atoms. The maximum Gasteiger partial charge on any atom is 0.155 e. The average molecular weight is 293 g/mol. The lowest BCUT2D eigenvalue weighted by Crippen LogP contribution is -2.11. The van der Waals surface area contributed by atoms with Crippen LogP contribution < -0.4 is 0 Å². The van der Waals surface area contributed by atoms with Crippen LogP contribution >= 0.6 is 0 Å². The quantitative estimate of drug-likeness (QED) is 0.593. The number of rotatable bonds is 0. The number of hydrogen-bond acceptors (Lipinski definition) is 2. The van der Waals surface area contributed by atoms with Gasteiger partial charge in [-0.2, -0.15) is 5.10 Å². The van der Waals surface area contributed by atoms with Gasteiger partial charge in [0.1, 0.15) is 5.82 Å². The van der Waals surface area contributed by atoms with Crippen LogP contribution in [0.3, 0.4) is 0 Å². The highest BCUT2D eigenvalue weighted by Crippen LogP contribution is 2.21. The minimum absolute atomic E-state index is 0.0202. The van der Waals surface area contributed by atoms with Crippen LogP contribution in [0.25, 0.3) is 5.65 Å². The van der Waals surface area contributed by atoms with Crippen LogP contribution in [0.2, 0.25) is 0 Å². The first-order valence-corrected chi connectivity index (χ1v) is 7.05. The Kier molecular flexibility index (Phi) is 3.42. The topological polar surface area (TPSA) is 30.2 Å². The van der Waals surface area contributed by atoms with Crippen molar-refractivity contribution >= 4 is 5.65 Å². The number of aromatic nitrogens is 3. The van der Waals surface area contributed by atoms with Gasteiger partial charge in [-0.25, -0.2) is 13.9 Å². The molecule has 0 aliphatic heterocycles. The van der Waals surface area contributed by atoms with E-state index in [0.29, 0.717) is 0 Å². The standard InChI is InChI=1S/C18H16FN3/c1-18(2,3)16-10-17-20-11-14(12-22(17)21-16)5-4-13-6-8-15(19)9-7-13/h6-12H,1-3H3. The van der Waals surface area contributed by atoms with Gasteiger partial charge in [-0.1, -0.05) is 32.6 Å². The molecule has 3 aromatic rings. The molecule has 3 nitrogen and oxygen atoms in total. The van der Waals surface area contributed by atoms with Crippen molar-refractivity contribution in [3.8, 4) is 11.8 Å². The van der Waals surface area contributed by atoms with Crippen molar-refractivity contribution in [3.63, 3.8) is 0 Å². The van der Waals surface area contributed by atoms with E-state index >= 15 is 0 Å². The molecule has 0 fully saturated rings. The van der Waals surface area contributed by atoms with E-state index in [0.717, 1.165) is 22.5 Å². The van der Waals surface area contributed by atoms with Gasteiger partial charge in [-0.05, 0) is 24.3 Å². The molecule has 0 aliphatic rings. The van der Waals surface area contributed by atoms with E-state index in [1.807, 2.05) is 12.3 Å². The number of hydrogen-bond donors (Lipinski definition) is 0. The average Bonchev–Trinajstić information content (AvgIpc) is 2.90. The Labute approximate surface area is 128 Å². The highest BCUT2D eigenvalue weighted by atomic mass is 19.1. The largest absolute Gasteiger partial charge is 0.236 e. The second kappa shape index (κ2) is 5.27. The molecule has 0 unspecified atom stereocenters. The van der Waals surface area contributed by atoms with Crippen LogP contribution in [-0.2, 0) is 5.41 Å². The Bertz CT molecular complexity index is 875. The number of nitrogens with zero attached hydrogens (tertiary/aromatic N) is 3. The highest BCUT2D eigenvalue weighted by molar-refractivity contribution is 5.46. The fourth-order valence-corrected chi connectivity index (χ4v) is 1.99. The maximum atomic E-state index is 12.9. The van der Waals surface area contributed by atoms with Crippen molar-refractivity contribution in [3.05, 3.63) is 65.4 Å². The molecular weight excluding hydrogens is 277 g/mol. The van der Waals surface area contributed by atoms with Crippen LogP contribution in [-0.4, -0.2) is 14.6 Å². The first-order valence-electron chi connectivity index (χ1n) is 7.05. The van der Waals surface area contributed by atoms with Gasteiger partial charge in [0.2, 0.25) is 0 Å². The summed E-state index contributed by atoms with van der Waals surface area (Å²) in [6.07, 6.45) is 3.58. The van der Waals surface area contributed by atoms with Gasteiger partial charge in [-0.15, -0.1) is 0 Å². The summed E-state index contributed by atoms with van der Waals surface area (Å²) < 4.78 is 14.6. The van der Waals surface area contributed by atoms with Gasteiger partial charge in [-0.3, -0.25) is 0 Å². The van der Waals surface area contributed by atoms with E-state index in [1.54, 1.807) is 22.8 Å². The molecule has 22 heavy (non-hydrogen) atoms. The number of benzene rings is 1. The van der Waals surface area contributed by atoms with Gasteiger partial charge in [0, 0.05) is 29.4 Å². The van der Waals surface area contributed by atoms with Crippen LogP contribution in [0, 0.1) is 17.7 Å². The molecule has 0 amide bonds. The molecule has 0 N–H and O–H groups in total.